The average molecular weight is 337 g/mol. The zero-order valence-electron chi connectivity index (χ0n) is 14.7. The predicted molar refractivity (Wildman–Crippen MR) is 96.7 cm³/mol. The van der Waals surface area contributed by atoms with Crippen LogP contribution in [0, 0.1) is 6.92 Å². The molecule has 0 unspecified atom stereocenters. The highest BCUT2D eigenvalue weighted by molar-refractivity contribution is 5.93. The van der Waals surface area contributed by atoms with Gasteiger partial charge in [-0.15, -0.1) is 0 Å². The molecule has 1 fully saturated rings. The summed E-state index contributed by atoms with van der Waals surface area (Å²) in [5.74, 6) is 0.472. The quantitative estimate of drug-likeness (QED) is 0.770. The summed E-state index contributed by atoms with van der Waals surface area (Å²) in [7, 11) is 0. The first kappa shape index (κ1) is 15.9. The van der Waals surface area contributed by atoms with Crippen LogP contribution in [0.4, 0.5) is 0 Å². The van der Waals surface area contributed by atoms with Crippen LogP contribution in [0.1, 0.15) is 53.0 Å². The van der Waals surface area contributed by atoms with Crippen molar-refractivity contribution in [2.75, 3.05) is 13.1 Å². The van der Waals surface area contributed by atoms with Crippen molar-refractivity contribution in [1.29, 1.82) is 0 Å². The van der Waals surface area contributed by atoms with E-state index in [1.807, 2.05) is 4.90 Å². The Kier molecular flexibility index (Phi) is 4.03. The van der Waals surface area contributed by atoms with Crippen molar-refractivity contribution >= 4 is 16.8 Å². The Morgan fingerprint density at radius 3 is 2.76 bits per heavy atom. The third-order valence-electron chi connectivity index (χ3n) is 5.36. The molecular weight excluding hydrogens is 314 g/mol. The van der Waals surface area contributed by atoms with Crippen molar-refractivity contribution < 1.29 is 4.79 Å². The number of fused-ring (bicyclic) bond motifs is 1. The number of carbonyl (C=O) groups excluding carboxylic acids is 1. The van der Waals surface area contributed by atoms with Gasteiger partial charge >= 0.3 is 0 Å². The van der Waals surface area contributed by atoms with Gasteiger partial charge in [-0.05, 0) is 43.2 Å². The van der Waals surface area contributed by atoms with Crippen LogP contribution in [0.3, 0.4) is 0 Å². The molecule has 3 heterocycles. The smallest absolute Gasteiger partial charge is 0.276 e. The Morgan fingerprint density at radius 2 is 2.08 bits per heavy atom. The number of likely N-dealkylation sites (tertiary alicyclic amines) is 1. The largest absolute Gasteiger partial charge is 0.361 e. The molecule has 6 heteroatoms. The number of amides is 1. The summed E-state index contributed by atoms with van der Waals surface area (Å²) in [6.45, 7) is 5.51. The van der Waals surface area contributed by atoms with Crippen molar-refractivity contribution in [2.24, 2.45) is 0 Å². The molecule has 0 saturated carbocycles. The second-order valence-corrected chi connectivity index (χ2v) is 6.76. The first-order valence-electron chi connectivity index (χ1n) is 8.94. The van der Waals surface area contributed by atoms with E-state index >= 15 is 0 Å². The lowest BCUT2D eigenvalue weighted by atomic mass is 9.88. The summed E-state index contributed by atoms with van der Waals surface area (Å²) in [6, 6.07) is 6.53. The summed E-state index contributed by atoms with van der Waals surface area (Å²) in [5.41, 5.74) is 5.11. The number of hydrogen-bond acceptors (Lipinski definition) is 3. The zero-order valence-corrected chi connectivity index (χ0v) is 14.7. The number of rotatable bonds is 3. The number of nitrogens with one attached hydrogen (secondary N) is 2. The van der Waals surface area contributed by atoms with Gasteiger partial charge in [0.2, 0.25) is 0 Å². The van der Waals surface area contributed by atoms with Gasteiger partial charge in [-0.3, -0.25) is 4.79 Å². The van der Waals surface area contributed by atoms with Gasteiger partial charge in [0, 0.05) is 30.2 Å². The van der Waals surface area contributed by atoms with E-state index in [0.29, 0.717) is 17.3 Å². The van der Waals surface area contributed by atoms with E-state index in [1.54, 1.807) is 6.92 Å². The molecule has 1 aliphatic rings. The van der Waals surface area contributed by atoms with Crippen LogP contribution in [-0.2, 0) is 6.42 Å². The lowest BCUT2D eigenvalue weighted by Gasteiger charge is -2.31. The highest BCUT2D eigenvalue weighted by atomic mass is 16.2. The van der Waals surface area contributed by atoms with Gasteiger partial charge < -0.3 is 9.88 Å². The van der Waals surface area contributed by atoms with Gasteiger partial charge in [-0.25, -0.2) is 0 Å². The topological polar surface area (TPSA) is 77.7 Å². The maximum absolute atomic E-state index is 12.6. The summed E-state index contributed by atoms with van der Waals surface area (Å²) >= 11 is 0. The summed E-state index contributed by atoms with van der Waals surface area (Å²) < 4.78 is 0. The monoisotopic (exact) mass is 337 g/mol. The second kappa shape index (κ2) is 6.35. The van der Waals surface area contributed by atoms with Crippen molar-refractivity contribution in [1.82, 2.24) is 25.3 Å². The van der Waals surface area contributed by atoms with Crippen molar-refractivity contribution in [3.05, 3.63) is 46.9 Å². The minimum absolute atomic E-state index is 0.0168. The Bertz CT molecular complexity index is 902. The number of hydrogen-bond donors (Lipinski definition) is 2. The van der Waals surface area contributed by atoms with Gasteiger partial charge in [0.05, 0.1) is 5.69 Å². The maximum Gasteiger partial charge on any atom is 0.276 e. The molecule has 0 aliphatic carbocycles. The van der Waals surface area contributed by atoms with Gasteiger partial charge in [-0.2, -0.15) is 15.4 Å². The molecule has 6 nitrogen and oxygen atoms in total. The third-order valence-corrected chi connectivity index (χ3v) is 5.36. The van der Waals surface area contributed by atoms with Crippen LogP contribution in [-0.4, -0.2) is 44.3 Å². The van der Waals surface area contributed by atoms with Gasteiger partial charge in [0.15, 0.2) is 5.69 Å². The van der Waals surface area contributed by atoms with E-state index in [1.165, 1.54) is 22.0 Å². The Balaban J connectivity index is 1.51. The molecule has 0 spiro atoms. The third kappa shape index (κ3) is 2.71. The van der Waals surface area contributed by atoms with Crippen LogP contribution in [0.5, 0.6) is 0 Å². The SMILES string of the molecule is CCc1cccc2c(C3CCN(C(=O)c4n[nH]nc4C)CC3)c[nH]c12. The Labute approximate surface area is 146 Å². The van der Waals surface area contributed by atoms with E-state index in [2.05, 4.69) is 51.7 Å². The molecule has 0 radical (unpaired) electrons. The molecule has 0 bridgehead atoms. The number of carbonyl (C=O) groups is 1. The fourth-order valence-corrected chi connectivity index (χ4v) is 3.90. The molecule has 3 aromatic rings. The van der Waals surface area contributed by atoms with Crippen molar-refractivity contribution in [2.45, 2.75) is 39.0 Å². The molecule has 2 N–H and O–H groups in total. The molecule has 1 aromatic carbocycles. The van der Waals surface area contributed by atoms with Crippen LogP contribution < -0.4 is 0 Å². The van der Waals surface area contributed by atoms with Gasteiger partial charge in [-0.1, -0.05) is 25.1 Å². The lowest BCUT2D eigenvalue weighted by Crippen LogP contribution is -2.38. The maximum atomic E-state index is 12.6. The predicted octanol–water partition coefficient (Wildman–Crippen LogP) is 3.18. The number of para-hydroxylation sites is 1. The van der Waals surface area contributed by atoms with Crippen LogP contribution in [0.25, 0.3) is 10.9 Å². The minimum atomic E-state index is -0.0168. The molecular formula is C19H23N5O. The first-order valence-corrected chi connectivity index (χ1v) is 8.94. The number of aryl methyl sites for hydroxylation is 2. The van der Waals surface area contributed by atoms with E-state index in [-0.39, 0.29) is 5.91 Å². The summed E-state index contributed by atoms with van der Waals surface area (Å²) in [6.07, 6.45) is 5.15. The number of piperidine rings is 1. The normalized spacial score (nSPS) is 15.8. The fourth-order valence-electron chi connectivity index (χ4n) is 3.90. The molecule has 1 amide bonds. The fraction of sp³-hybridized carbons (Fsp3) is 0.421. The van der Waals surface area contributed by atoms with Crippen LogP contribution in [0.2, 0.25) is 0 Å². The molecule has 4 rings (SSSR count). The standard InChI is InChI=1S/C19H23N5O/c1-3-13-5-4-6-15-16(11-20-18(13)15)14-7-9-24(10-8-14)19(25)17-12(2)21-23-22-17/h4-6,11,14,20H,3,7-10H2,1-2H3,(H,21,22,23). The molecule has 0 atom stereocenters. The summed E-state index contributed by atoms with van der Waals surface area (Å²) in [5, 5.41) is 11.8. The molecule has 2 aromatic heterocycles. The minimum Gasteiger partial charge on any atom is -0.361 e. The van der Waals surface area contributed by atoms with E-state index in [9.17, 15) is 4.79 Å². The van der Waals surface area contributed by atoms with E-state index in [0.717, 1.165) is 32.4 Å². The highest BCUT2D eigenvalue weighted by Crippen LogP contribution is 2.34. The number of nitrogens with zero attached hydrogens (tertiary/aromatic N) is 3. The number of aromatic amines is 2. The van der Waals surface area contributed by atoms with Crippen LogP contribution in [0.15, 0.2) is 24.4 Å². The Morgan fingerprint density at radius 1 is 1.28 bits per heavy atom. The van der Waals surface area contributed by atoms with E-state index < -0.39 is 0 Å². The van der Waals surface area contributed by atoms with Gasteiger partial charge in [0.25, 0.3) is 5.91 Å². The van der Waals surface area contributed by atoms with Gasteiger partial charge in [0.1, 0.15) is 0 Å². The second-order valence-electron chi connectivity index (χ2n) is 6.76. The molecule has 1 aliphatic heterocycles. The van der Waals surface area contributed by atoms with E-state index in [4.69, 9.17) is 0 Å². The van der Waals surface area contributed by atoms with Crippen LogP contribution >= 0.6 is 0 Å². The number of aromatic nitrogens is 4. The van der Waals surface area contributed by atoms with Crippen molar-refractivity contribution in [3.63, 3.8) is 0 Å². The van der Waals surface area contributed by atoms with Crippen molar-refractivity contribution in [3.8, 4) is 0 Å². The zero-order chi connectivity index (χ0) is 17.4. The molecule has 25 heavy (non-hydrogen) atoms. The lowest BCUT2D eigenvalue weighted by molar-refractivity contribution is 0.0706. The Hall–Kier alpha value is -2.63. The highest BCUT2D eigenvalue weighted by Gasteiger charge is 2.28. The molecule has 130 valence electrons. The number of H-pyrrole nitrogens is 2. The first-order chi connectivity index (χ1) is 12.2. The summed E-state index contributed by atoms with van der Waals surface area (Å²) in [4.78, 5) is 17.9. The molecule has 1 saturated heterocycles. The number of benzene rings is 1. The average Bonchev–Trinajstić information content (AvgIpc) is 3.27.